The number of thiazole rings is 1. The molecule has 4 aromatic rings. The van der Waals surface area contributed by atoms with Crippen molar-refractivity contribution in [2.24, 2.45) is 10.1 Å². The van der Waals surface area contributed by atoms with Crippen LogP contribution < -0.4 is 10.2 Å². The van der Waals surface area contributed by atoms with Crippen LogP contribution in [-0.4, -0.2) is 29.3 Å². The minimum atomic E-state index is 0.0819. The molecule has 0 aliphatic carbocycles. The molecule has 0 fully saturated rings. The Morgan fingerprint density at radius 3 is 2.66 bits per heavy atom. The van der Waals surface area contributed by atoms with Gasteiger partial charge < -0.3 is 9.84 Å². The Morgan fingerprint density at radius 1 is 1.07 bits per heavy atom. The normalized spacial score (nSPS) is 11.8. The van der Waals surface area contributed by atoms with Crippen LogP contribution in [0.25, 0.3) is 10.2 Å². The summed E-state index contributed by atoms with van der Waals surface area (Å²) in [5.41, 5.74) is 5.50. The monoisotopic (exact) mass is 402 g/mol. The van der Waals surface area contributed by atoms with E-state index in [1.807, 2.05) is 54.6 Å². The average Bonchev–Trinajstić information content (AvgIpc) is 3.19. The minimum absolute atomic E-state index is 0.0819. The number of hydrogen-bond donors (Lipinski definition) is 2. The number of nitrogens with one attached hydrogen (secondary N) is 1. The summed E-state index contributed by atoms with van der Waals surface area (Å²) in [6.07, 6.45) is 1.63. The second kappa shape index (κ2) is 8.53. The number of aromatic hydroxyl groups is 1. The molecule has 29 heavy (non-hydrogen) atoms. The van der Waals surface area contributed by atoms with Gasteiger partial charge in [0.15, 0.2) is 22.3 Å². The molecule has 0 atom stereocenters. The van der Waals surface area contributed by atoms with Crippen molar-refractivity contribution in [1.29, 1.82) is 0 Å². The van der Waals surface area contributed by atoms with Gasteiger partial charge in [0, 0.05) is 0 Å². The molecule has 0 saturated carbocycles. The molecule has 144 valence electrons. The number of nitrogens with zero attached hydrogens (tertiary/aromatic N) is 3. The lowest BCUT2D eigenvalue weighted by molar-refractivity contribution is 0.373. The summed E-state index contributed by atoms with van der Waals surface area (Å²) >= 11 is 1.55. The molecule has 0 unspecified atom stereocenters. The van der Waals surface area contributed by atoms with Gasteiger partial charge >= 0.3 is 0 Å². The van der Waals surface area contributed by atoms with Crippen molar-refractivity contribution in [2.75, 3.05) is 7.11 Å². The molecule has 0 aliphatic heterocycles. The number of benzene rings is 3. The zero-order valence-corrected chi connectivity index (χ0v) is 16.4. The molecule has 0 bridgehead atoms. The Labute approximate surface area is 171 Å². The standard InChI is InChI=1S/C22H18N4O2S/c1-28-19-13-15(11-12-18(19)27)14-23-26-21(24-16-7-3-2-4-8-16)22-25-17-9-5-6-10-20(17)29-22/h2-14,27H,1H3,(H,24,26)/b23-14+. The first-order valence-corrected chi connectivity index (χ1v) is 9.70. The van der Waals surface area contributed by atoms with Gasteiger partial charge in [-0.3, -0.25) is 5.43 Å². The van der Waals surface area contributed by atoms with Gasteiger partial charge in [0.05, 0.1) is 29.2 Å². The van der Waals surface area contributed by atoms with E-state index in [2.05, 4.69) is 20.5 Å². The number of aliphatic imine (C=N–C) groups is 1. The molecular formula is C22H18N4O2S. The third-order valence-corrected chi connectivity index (χ3v) is 5.12. The van der Waals surface area contributed by atoms with Crippen LogP contribution in [0.4, 0.5) is 5.69 Å². The summed E-state index contributed by atoms with van der Waals surface area (Å²) in [7, 11) is 1.51. The van der Waals surface area contributed by atoms with E-state index < -0.39 is 0 Å². The van der Waals surface area contributed by atoms with Gasteiger partial charge in [-0.15, -0.1) is 11.3 Å². The number of amidine groups is 1. The number of methoxy groups -OCH3 is 1. The van der Waals surface area contributed by atoms with Crippen molar-refractivity contribution in [1.82, 2.24) is 10.4 Å². The largest absolute Gasteiger partial charge is 0.504 e. The molecule has 0 amide bonds. The van der Waals surface area contributed by atoms with E-state index in [-0.39, 0.29) is 5.75 Å². The molecular weight excluding hydrogens is 384 g/mol. The van der Waals surface area contributed by atoms with E-state index in [4.69, 9.17) is 4.74 Å². The predicted octanol–water partition coefficient (Wildman–Crippen LogP) is 4.71. The van der Waals surface area contributed by atoms with E-state index in [0.717, 1.165) is 26.5 Å². The quantitative estimate of drug-likeness (QED) is 0.288. The van der Waals surface area contributed by atoms with Crippen LogP contribution in [0.1, 0.15) is 10.6 Å². The number of ether oxygens (including phenoxy) is 1. The zero-order chi connectivity index (χ0) is 20.1. The average molecular weight is 402 g/mol. The molecule has 3 aromatic carbocycles. The SMILES string of the molecule is COc1cc(/C=N/NC(=Nc2ccccc2)c2nc3ccccc3s2)ccc1O. The van der Waals surface area contributed by atoms with Gasteiger partial charge in [-0.2, -0.15) is 5.10 Å². The Hall–Kier alpha value is -3.71. The fourth-order valence-electron chi connectivity index (χ4n) is 2.67. The fraction of sp³-hybridized carbons (Fsp3) is 0.0455. The fourth-order valence-corrected chi connectivity index (χ4v) is 3.57. The molecule has 7 heteroatoms. The van der Waals surface area contributed by atoms with Crippen LogP contribution in [0.5, 0.6) is 11.5 Å². The van der Waals surface area contributed by atoms with Gasteiger partial charge in [0.2, 0.25) is 0 Å². The van der Waals surface area contributed by atoms with Crippen molar-refractivity contribution in [3.05, 3.63) is 83.4 Å². The summed E-state index contributed by atoms with van der Waals surface area (Å²) in [5.74, 6) is 1.02. The Morgan fingerprint density at radius 2 is 1.86 bits per heavy atom. The van der Waals surface area contributed by atoms with Gasteiger partial charge in [-0.1, -0.05) is 30.3 Å². The van der Waals surface area contributed by atoms with E-state index >= 15 is 0 Å². The first-order valence-electron chi connectivity index (χ1n) is 8.89. The van der Waals surface area contributed by atoms with Crippen molar-refractivity contribution >= 4 is 39.3 Å². The summed E-state index contributed by atoms with van der Waals surface area (Å²) < 4.78 is 6.21. The van der Waals surface area contributed by atoms with Crippen LogP contribution in [0.15, 0.2) is 82.9 Å². The Bertz CT molecular complexity index is 1150. The number of aromatic nitrogens is 1. The minimum Gasteiger partial charge on any atom is -0.504 e. The third kappa shape index (κ3) is 4.41. The van der Waals surface area contributed by atoms with Crippen LogP contribution >= 0.6 is 11.3 Å². The van der Waals surface area contributed by atoms with Crippen molar-refractivity contribution in [3.63, 3.8) is 0 Å². The van der Waals surface area contributed by atoms with E-state index in [1.165, 1.54) is 7.11 Å². The van der Waals surface area contributed by atoms with Crippen molar-refractivity contribution in [2.45, 2.75) is 0 Å². The van der Waals surface area contributed by atoms with Crippen LogP contribution in [-0.2, 0) is 0 Å². The van der Waals surface area contributed by atoms with Gasteiger partial charge in [-0.05, 0) is 48.0 Å². The second-order valence-electron chi connectivity index (χ2n) is 6.08. The molecule has 1 aromatic heterocycles. The highest BCUT2D eigenvalue weighted by atomic mass is 32.1. The molecule has 1 heterocycles. The third-order valence-electron chi connectivity index (χ3n) is 4.08. The van der Waals surface area contributed by atoms with E-state index in [1.54, 1.807) is 35.8 Å². The summed E-state index contributed by atoms with van der Waals surface area (Å²) in [4.78, 5) is 9.35. The van der Waals surface area contributed by atoms with Crippen LogP contribution in [0.2, 0.25) is 0 Å². The molecule has 4 rings (SSSR count). The Kier molecular flexibility index (Phi) is 5.49. The lowest BCUT2D eigenvalue weighted by atomic mass is 10.2. The first-order chi connectivity index (χ1) is 14.2. The molecule has 0 spiro atoms. The number of fused-ring (bicyclic) bond motifs is 1. The van der Waals surface area contributed by atoms with E-state index in [0.29, 0.717) is 11.6 Å². The summed E-state index contributed by atoms with van der Waals surface area (Å²) in [6.45, 7) is 0. The topological polar surface area (TPSA) is 79.1 Å². The number of para-hydroxylation sites is 2. The Balaban J connectivity index is 1.64. The number of hydrogen-bond acceptors (Lipinski definition) is 6. The predicted molar refractivity (Wildman–Crippen MR) is 118 cm³/mol. The number of rotatable bonds is 5. The molecule has 0 saturated heterocycles. The molecule has 6 nitrogen and oxygen atoms in total. The van der Waals surface area contributed by atoms with Crippen molar-refractivity contribution in [3.8, 4) is 11.5 Å². The lowest BCUT2D eigenvalue weighted by Gasteiger charge is -2.04. The molecule has 2 N–H and O–H groups in total. The summed E-state index contributed by atoms with van der Waals surface area (Å²) in [5, 5.41) is 14.8. The van der Waals surface area contributed by atoms with Crippen molar-refractivity contribution < 1.29 is 9.84 Å². The first kappa shape index (κ1) is 18.6. The maximum atomic E-state index is 9.72. The maximum absolute atomic E-state index is 9.72. The lowest BCUT2D eigenvalue weighted by Crippen LogP contribution is -2.18. The smallest absolute Gasteiger partial charge is 0.183 e. The van der Waals surface area contributed by atoms with Gasteiger partial charge in [0.1, 0.15) is 0 Å². The number of hydrazone groups is 1. The van der Waals surface area contributed by atoms with Crippen LogP contribution in [0.3, 0.4) is 0 Å². The highest BCUT2D eigenvalue weighted by molar-refractivity contribution is 7.20. The zero-order valence-electron chi connectivity index (χ0n) is 15.6. The number of phenolic OH excluding ortho intramolecular Hbond substituents is 1. The second-order valence-corrected chi connectivity index (χ2v) is 7.11. The van der Waals surface area contributed by atoms with E-state index in [9.17, 15) is 5.11 Å². The molecule has 0 radical (unpaired) electrons. The summed E-state index contributed by atoms with van der Waals surface area (Å²) in [6, 6.07) is 22.6. The molecule has 0 aliphatic rings. The van der Waals surface area contributed by atoms with Crippen LogP contribution in [0, 0.1) is 0 Å². The highest BCUT2D eigenvalue weighted by Crippen LogP contribution is 2.26. The van der Waals surface area contributed by atoms with Gasteiger partial charge in [-0.25, -0.2) is 9.98 Å². The van der Waals surface area contributed by atoms with Gasteiger partial charge in [0.25, 0.3) is 0 Å². The maximum Gasteiger partial charge on any atom is 0.183 e. The highest BCUT2D eigenvalue weighted by Gasteiger charge is 2.10. The number of phenols is 1.